The molecule has 1 aliphatic heterocycles. The molecule has 0 atom stereocenters. The van der Waals surface area contributed by atoms with Gasteiger partial charge in [0.25, 0.3) is 0 Å². The number of piperidine rings is 1. The Morgan fingerprint density at radius 3 is 1.25 bits per heavy atom. The highest BCUT2D eigenvalue weighted by Gasteiger charge is 2.18. The molecule has 1 fully saturated rings. The number of aromatic nitrogens is 16. The minimum atomic E-state index is 0.247. The summed E-state index contributed by atoms with van der Waals surface area (Å²) in [6.45, 7) is 17.6. The molecule has 536 valence electrons. The number of anilines is 13. The molecular formula is C71H85ClN26O5. The molecule has 32 heteroatoms. The lowest BCUT2D eigenvalue weighted by Gasteiger charge is -2.26. The van der Waals surface area contributed by atoms with Crippen molar-refractivity contribution in [3.05, 3.63) is 181 Å². The third-order valence-electron chi connectivity index (χ3n) is 15.3. The van der Waals surface area contributed by atoms with E-state index in [0.717, 1.165) is 66.0 Å². The SMILES string of the molecule is CCN(CC)c1ccc(Nc2nc(N)n(-c3ccccn3)n2)cc1Cl.CCOc1ccc(Nc2nc(N)n(-c3ccccn3)n2)cc1OCC.CCOc1ccccc1Nc1nc(N)n(-c2ccccn2)n1.COc1cc(Nc2nc(N)n(-c3ccccn3)n2)ccc1OCCCN1CCCCC1. The number of benzene rings is 4. The van der Waals surface area contributed by atoms with Crippen molar-refractivity contribution in [2.45, 2.75) is 60.3 Å². The summed E-state index contributed by atoms with van der Waals surface area (Å²) in [4.78, 5) is 38.5. The summed E-state index contributed by atoms with van der Waals surface area (Å²) >= 11 is 6.42. The van der Waals surface area contributed by atoms with Crippen molar-refractivity contribution in [1.29, 1.82) is 0 Å². The molecule has 0 radical (unpaired) electrons. The molecule has 13 rings (SSSR count). The molecule has 0 aliphatic carbocycles. The molecule has 8 aromatic heterocycles. The molecule has 0 bridgehead atoms. The Hall–Kier alpha value is -12.5. The number of halogens is 1. The predicted molar refractivity (Wildman–Crippen MR) is 402 cm³/mol. The maximum Gasteiger partial charge on any atom is 0.249 e. The Morgan fingerprint density at radius 2 is 0.825 bits per heavy atom. The molecule has 103 heavy (non-hydrogen) atoms. The normalized spacial score (nSPS) is 11.7. The number of nitrogens with one attached hydrogen (secondary N) is 4. The van der Waals surface area contributed by atoms with E-state index in [0.29, 0.717) is 95.8 Å². The third-order valence-corrected chi connectivity index (χ3v) is 15.6. The van der Waals surface area contributed by atoms with Gasteiger partial charge in [0.2, 0.25) is 47.6 Å². The van der Waals surface area contributed by atoms with E-state index < -0.39 is 0 Å². The number of hydrogen-bond donors (Lipinski definition) is 8. The summed E-state index contributed by atoms with van der Waals surface area (Å²) in [7, 11) is 1.63. The van der Waals surface area contributed by atoms with Crippen molar-refractivity contribution in [2.75, 3.05) is 115 Å². The largest absolute Gasteiger partial charge is 0.493 e. The summed E-state index contributed by atoms with van der Waals surface area (Å²) in [5, 5.41) is 30.6. The fraction of sp³-hybridized carbons (Fsp3) is 0.268. The van der Waals surface area contributed by atoms with Crippen LogP contribution in [0.5, 0.6) is 28.7 Å². The van der Waals surface area contributed by atoms with Crippen LogP contribution < -0.4 is 72.8 Å². The molecule has 4 aromatic carbocycles. The first kappa shape index (κ1) is 73.2. The zero-order valence-corrected chi connectivity index (χ0v) is 59.0. The van der Waals surface area contributed by atoms with Crippen molar-refractivity contribution >= 4 is 87.6 Å². The lowest BCUT2D eigenvalue weighted by molar-refractivity contribution is 0.203. The highest BCUT2D eigenvalue weighted by Crippen LogP contribution is 2.35. The van der Waals surface area contributed by atoms with Gasteiger partial charge in [-0.05, 0) is 170 Å². The van der Waals surface area contributed by atoms with Gasteiger partial charge in [0.15, 0.2) is 46.3 Å². The lowest BCUT2D eigenvalue weighted by Crippen LogP contribution is -2.31. The van der Waals surface area contributed by atoms with Gasteiger partial charge in [0, 0.05) is 73.6 Å². The molecule has 9 heterocycles. The second kappa shape index (κ2) is 37.1. The van der Waals surface area contributed by atoms with Crippen LogP contribution in [-0.2, 0) is 0 Å². The molecule has 0 amide bonds. The van der Waals surface area contributed by atoms with Crippen molar-refractivity contribution in [3.63, 3.8) is 0 Å². The fourth-order valence-corrected chi connectivity index (χ4v) is 10.8. The average molecular weight is 1420 g/mol. The first-order valence-corrected chi connectivity index (χ1v) is 34.0. The van der Waals surface area contributed by atoms with Crippen molar-refractivity contribution < 1.29 is 23.7 Å². The Balaban J connectivity index is 0.000000149. The third kappa shape index (κ3) is 20.3. The van der Waals surface area contributed by atoms with E-state index in [1.165, 1.54) is 51.1 Å². The highest BCUT2D eigenvalue weighted by atomic mass is 35.5. The number of ether oxygens (including phenoxy) is 5. The highest BCUT2D eigenvalue weighted by molar-refractivity contribution is 6.33. The molecule has 0 saturated carbocycles. The first-order chi connectivity index (χ1) is 50.3. The number of nitrogens with zero attached hydrogens (tertiary/aromatic N) is 18. The van der Waals surface area contributed by atoms with E-state index >= 15 is 0 Å². The van der Waals surface area contributed by atoms with Gasteiger partial charge in [-0.1, -0.05) is 54.4 Å². The molecule has 12 aromatic rings. The smallest absolute Gasteiger partial charge is 0.249 e. The van der Waals surface area contributed by atoms with E-state index in [-0.39, 0.29) is 23.8 Å². The topological polar surface area (TPSA) is 379 Å². The van der Waals surface area contributed by atoms with Gasteiger partial charge in [-0.3, -0.25) is 0 Å². The first-order valence-electron chi connectivity index (χ1n) is 33.7. The lowest BCUT2D eigenvalue weighted by atomic mass is 10.1. The quantitative estimate of drug-likeness (QED) is 0.0222. The Morgan fingerprint density at radius 1 is 0.427 bits per heavy atom. The van der Waals surface area contributed by atoms with E-state index in [9.17, 15) is 0 Å². The Kier molecular flexibility index (Phi) is 26.3. The number of methoxy groups -OCH3 is 1. The number of para-hydroxylation sites is 2. The van der Waals surface area contributed by atoms with Crippen LogP contribution in [0.2, 0.25) is 5.02 Å². The van der Waals surface area contributed by atoms with Crippen LogP contribution in [0.3, 0.4) is 0 Å². The van der Waals surface area contributed by atoms with E-state index in [4.69, 9.17) is 58.2 Å². The van der Waals surface area contributed by atoms with Crippen LogP contribution >= 0.6 is 11.6 Å². The molecule has 1 aliphatic rings. The van der Waals surface area contributed by atoms with Gasteiger partial charge in [-0.2, -0.15) is 38.7 Å². The number of rotatable bonds is 27. The second-order valence-corrected chi connectivity index (χ2v) is 22.7. The Labute approximate surface area is 601 Å². The van der Waals surface area contributed by atoms with Gasteiger partial charge >= 0.3 is 0 Å². The van der Waals surface area contributed by atoms with Gasteiger partial charge in [0.1, 0.15) is 5.75 Å². The van der Waals surface area contributed by atoms with E-state index in [2.05, 4.69) is 105 Å². The second-order valence-electron chi connectivity index (χ2n) is 22.3. The van der Waals surface area contributed by atoms with Gasteiger partial charge in [0.05, 0.1) is 49.9 Å². The summed E-state index contributed by atoms with van der Waals surface area (Å²) in [6.07, 6.45) is 11.7. The van der Waals surface area contributed by atoms with Gasteiger partial charge in [-0.25, -0.2) is 19.9 Å². The zero-order chi connectivity index (χ0) is 72.3. The summed E-state index contributed by atoms with van der Waals surface area (Å²) in [5.41, 5.74) is 27.9. The van der Waals surface area contributed by atoms with Crippen LogP contribution in [0.25, 0.3) is 23.3 Å². The van der Waals surface area contributed by atoms with Gasteiger partial charge in [-0.15, -0.1) is 20.4 Å². The fourth-order valence-electron chi connectivity index (χ4n) is 10.5. The van der Waals surface area contributed by atoms with Crippen LogP contribution in [0.1, 0.15) is 60.3 Å². The zero-order valence-electron chi connectivity index (χ0n) is 58.2. The van der Waals surface area contributed by atoms with Crippen LogP contribution in [-0.4, -0.2) is 150 Å². The average Bonchev–Trinajstić information content (AvgIpc) is 1.81. The number of nitrogens with two attached hydrogens (primary N) is 4. The molecule has 0 unspecified atom stereocenters. The van der Waals surface area contributed by atoms with Crippen molar-refractivity contribution in [2.24, 2.45) is 0 Å². The maximum absolute atomic E-state index is 6.42. The number of nitrogen functional groups attached to an aromatic ring is 4. The molecule has 1 saturated heterocycles. The van der Waals surface area contributed by atoms with Gasteiger partial charge < -0.3 is 77.7 Å². The van der Waals surface area contributed by atoms with E-state index in [1.807, 2.05) is 166 Å². The predicted octanol–water partition coefficient (Wildman–Crippen LogP) is 11.9. The summed E-state index contributed by atoms with van der Waals surface area (Å²) in [5.74, 6) is 8.41. The van der Waals surface area contributed by atoms with Crippen LogP contribution in [0.4, 0.5) is 76.0 Å². The minimum absolute atomic E-state index is 0.247. The van der Waals surface area contributed by atoms with Crippen LogP contribution in [0.15, 0.2) is 176 Å². The molecule has 0 spiro atoms. The number of pyridine rings is 4. The standard InChI is InChI=1S/C22H29N7O2.C17H20ClN7.C17H20N6O2.C15H16N6O/c1-30-19-16-17(9-10-18(19)31-15-7-14-28-12-5-2-6-13-28)25-22-26-21(23)29(27-22)20-8-3-4-11-24-20;1-3-24(4-2)14-9-8-12(11-13(14)18)21-17-22-16(19)25(23-17)15-7-5-6-10-20-15;1-3-24-13-9-8-12(11-14(13)25-4-2)20-17-21-16(18)23(22-17)15-7-5-6-10-19-15;1-2-22-12-8-4-3-7-11(12)18-15-19-14(16)21(20-15)13-9-5-6-10-17-13/h3-4,8-11,16H,2,5-7,12-15H2,1H3,(H3,23,25,26,27);5-11H,3-4H2,1-2H3,(H3,19,21,22,23);5-11H,3-4H2,1-2H3,(H3,18,20,21,22);3-10H,2H2,1H3,(H3,16,18,19,20). The van der Waals surface area contributed by atoms with E-state index in [1.54, 1.807) is 38.0 Å². The number of hydrogen-bond acceptors (Lipinski definition) is 27. The maximum atomic E-state index is 6.42. The summed E-state index contributed by atoms with van der Waals surface area (Å²) < 4.78 is 34.1. The minimum Gasteiger partial charge on any atom is -0.493 e. The monoisotopic (exact) mass is 1420 g/mol. The molecular weight excluding hydrogens is 1330 g/mol. The molecule has 31 nitrogen and oxygen atoms in total. The summed E-state index contributed by atoms with van der Waals surface area (Å²) in [6, 6.07) is 46.6. The number of likely N-dealkylation sites (tertiary alicyclic amines) is 1. The van der Waals surface area contributed by atoms with Crippen LogP contribution in [0, 0.1) is 0 Å². The van der Waals surface area contributed by atoms with Crippen molar-refractivity contribution in [3.8, 4) is 52.0 Å². The van der Waals surface area contributed by atoms with Crippen molar-refractivity contribution in [1.82, 2.24) is 83.9 Å². The molecule has 12 N–H and O–H groups in total. The Bertz CT molecular complexity index is 4560.